The minimum absolute atomic E-state index is 0.0132. The molecule has 2 heterocycles. The number of hydrogen-bond donors (Lipinski definition) is 1. The third kappa shape index (κ3) is 4.14. The topological polar surface area (TPSA) is 84.1 Å². The predicted molar refractivity (Wildman–Crippen MR) is 69.9 cm³/mol. The van der Waals surface area contributed by atoms with Gasteiger partial charge in [0.2, 0.25) is 5.16 Å². The Hall–Kier alpha value is -0.800. The summed E-state index contributed by atoms with van der Waals surface area (Å²) in [5.41, 5.74) is 0. The van der Waals surface area contributed by atoms with Crippen LogP contribution in [-0.4, -0.2) is 73.1 Å². The second kappa shape index (κ2) is 6.95. The molecule has 0 amide bonds. The second-order valence-electron chi connectivity index (χ2n) is 3.82. The van der Waals surface area contributed by atoms with Crippen LogP contribution in [0.25, 0.3) is 0 Å². The molecule has 7 nitrogen and oxygen atoms in total. The van der Waals surface area contributed by atoms with Crippen LogP contribution in [-0.2, 0) is 11.3 Å². The Morgan fingerprint density at radius 1 is 1.39 bits per heavy atom. The molecule has 0 radical (unpaired) electrons. The van der Waals surface area contributed by atoms with E-state index in [2.05, 4.69) is 20.4 Å². The van der Waals surface area contributed by atoms with Gasteiger partial charge in [-0.15, -0.1) is 5.10 Å². The summed E-state index contributed by atoms with van der Waals surface area (Å²) in [5, 5.41) is 20.5. The molecule has 1 N–H and O–H groups in total. The standard InChI is InChI=1S/C9H15N5O2S2/c15-8(16)7-18-9-10-11-12-14(9)2-1-13-3-5-17-6-4-13/h1-7H2,(H,15,16). The van der Waals surface area contributed by atoms with E-state index in [0.29, 0.717) is 11.7 Å². The van der Waals surface area contributed by atoms with Crippen molar-refractivity contribution in [1.29, 1.82) is 0 Å². The molecule has 0 saturated carbocycles. The van der Waals surface area contributed by atoms with Crippen LogP contribution in [0.2, 0.25) is 0 Å². The highest BCUT2D eigenvalue weighted by molar-refractivity contribution is 7.99. The van der Waals surface area contributed by atoms with E-state index in [-0.39, 0.29) is 5.75 Å². The van der Waals surface area contributed by atoms with Crippen molar-refractivity contribution >= 4 is 29.5 Å². The van der Waals surface area contributed by atoms with Gasteiger partial charge in [-0.1, -0.05) is 11.8 Å². The fourth-order valence-corrected chi connectivity index (χ4v) is 3.23. The third-order valence-electron chi connectivity index (χ3n) is 2.56. The summed E-state index contributed by atoms with van der Waals surface area (Å²) < 4.78 is 1.68. The molecular weight excluding hydrogens is 274 g/mol. The molecule has 0 atom stereocenters. The average Bonchev–Trinajstić information content (AvgIpc) is 2.82. The molecule has 0 spiro atoms. The van der Waals surface area contributed by atoms with Crippen LogP contribution in [0.5, 0.6) is 0 Å². The number of tetrazole rings is 1. The van der Waals surface area contributed by atoms with E-state index in [1.54, 1.807) is 4.68 Å². The quantitative estimate of drug-likeness (QED) is 0.727. The molecule has 0 unspecified atom stereocenters. The zero-order valence-electron chi connectivity index (χ0n) is 9.86. The Bertz CT molecular complexity index is 394. The van der Waals surface area contributed by atoms with Crippen LogP contribution >= 0.6 is 23.5 Å². The van der Waals surface area contributed by atoms with E-state index >= 15 is 0 Å². The molecule has 1 saturated heterocycles. The fourth-order valence-electron chi connectivity index (χ4n) is 1.63. The van der Waals surface area contributed by atoms with Crippen molar-refractivity contribution in [3.8, 4) is 0 Å². The highest BCUT2D eigenvalue weighted by Gasteiger charge is 2.13. The molecule has 0 aliphatic carbocycles. The van der Waals surface area contributed by atoms with E-state index in [1.165, 1.54) is 11.5 Å². The van der Waals surface area contributed by atoms with Crippen LogP contribution in [0, 0.1) is 0 Å². The summed E-state index contributed by atoms with van der Waals surface area (Å²) in [6.07, 6.45) is 0. The highest BCUT2D eigenvalue weighted by Crippen LogP contribution is 2.13. The van der Waals surface area contributed by atoms with Gasteiger partial charge >= 0.3 is 5.97 Å². The molecule has 0 bridgehead atoms. The van der Waals surface area contributed by atoms with Crippen LogP contribution < -0.4 is 0 Å². The molecule has 1 aliphatic heterocycles. The molecule has 1 aromatic rings. The molecule has 1 aromatic heterocycles. The van der Waals surface area contributed by atoms with Gasteiger partial charge in [0.1, 0.15) is 0 Å². The van der Waals surface area contributed by atoms with Gasteiger partial charge in [-0.05, 0) is 10.4 Å². The van der Waals surface area contributed by atoms with Gasteiger partial charge in [-0.3, -0.25) is 9.69 Å². The maximum absolute atomic E-state index is 10.5. The summed E-state index contributed by atoms with van der Waals surface area (Å²) in [4.78, 5) is 12.9. The summed E-state index contributed by atoms with van der Waals surface area (Å²) in [6, 6.07) is 0. The Labute approximate surface area is 113 Å². The average molecular weight is 289 g/mol. The SMILES string of the molecule is O=C(O)CSc1nnnn1CCN1CCSCC1. The first-order valence-corrected chi connectivity index (χ1v) is 7.80. The predicted octanol–water partition coefficient (Wildman–Crippen LogP) is -0.101. The van der Waals surface area contributed by atoms with Crippen molar-refractivity contribution < 1.29 is 9.90 Å². The van der Waals surface area contributed by atoms with Gasteiger partial charge in [0, 0.05) is 31.1 Å². The van der Waals surface area contributed by atoms with Crippen molar-refractivity contribution in [2.45, 2.75) is 11.7 Å². The van der Waals surface area contributed by atoms with Crippen molar-refractivity contribution in [3.63, 3.8) is 0 Å². The summed E-state index contributed by atoms with van der Waals surface area (Å²) in [5.74, 6) is 1.48. The Balaban J connectivity index is 1.81. The maximum atomic E-state index is 10.5. The lowest BCUT2D eigenvalue weighted by Gasteiger charge is -2.25. The molecule has 9 heteroatoms. The molecule has 18 heavy (non-hydrogen) atoms. The molecule has 2 rings (SSSR count). The maximum Gasteiger partial charge on any atom is 0.313 e. The number of aliphatic carboxylic acids is 1. The zero-order chi connectivity index (χ0) is 12.8. The lowest BCUT2D eigenvalue weighted by molar-refractivity contribution is -0.133. The molecule has 100 valence electrons. The second-order valence-corrected chi connectivity index (χ2v) is 5.99. The summed E-state index contributed by atoms with van der Waals surface area (Å²) in [6.45, 7) is 3.82. The van der Waals surface area contributed by atoms with E-state index in [1.807, 2.05) is 11.8 Å². The molecule has 0 aromatic carbocycles. The van der Waals surface area contributed by atoms with Gasteiger partial charge in [0.25, 0.3) is 0 Å². The van der Waals surface area contributed by atoms with Crippen LogP contribution in [0.15, 0.2) is 5.16 Å². The number of nitrogens with zero attached hydrogens (tertiary/aromatic N) is 5. The lowest BCUT2D eigenvalue weighted by atomic mass is 10.4. The molecular formula is C9H15N5O2S2. The first kappa shape index (κ1) is 13.6. The van der Waals surface area contributed by atoms with Crippen molar-refractivity contribution in [2.75, 3.05) is 36.9 Å². The molecule has 1 fully saturated rings. The third-order valence-corrected chi connectivity index (χ3v) is 4.44. The minimum Gasteiger partial charge on any atom is -0.481 e. The normalized spacial score (nSPS) is 16.9. The number of aromatic nitrogens is 4. The van der Waals surface area contributed by atoms with E-state index in [0.717, 1.165) is 31.4 Å². The smallest absolute Gasteiger partial charge is 0.313 e. The fraction of sp³-hybridized carbons (Fsp3) is 0.778. The summed E-state index contributed by atoms with van der Waals surface area (Å²) >= 11 is 3.13. The van der Waals surface area contributed by atoms with Crippen molar-refractivity contribution in [3.05, 3.63) is 0 Å². The van der Waals surface area contributed by atoms with Crippen molar-refractivity contribution in [1.82, 2.24) is 25.1 Å². The largest absolute Gasteiger partial charge is 0.481 e. The summed E-state index contributed by atoms with van der Waals surface area (Å²) in [7, 11) is 0. The lowest BCUT2D eigenvalue weighted by Crippen LogP contribution is -2.35. The van der Waals surface area contributed by atoms with E-state index < -0.39 is 5.97 Å². The van der Waals surface area contributed by atoms with Crippen LogP contribution in [0.4, 0.5) is 0 Å². The van der Waals surface area contributed by atoms with E-state index in [9.17, 15) is 4.79 Å². The van der Waals surface area contributed by atoms with Gasteiger partial charge < -0.3 is 5.11 Å². The first-order chi connectivity index (χ1) is 8.75. The van der Waals surface area contributed by atoms with Gasteiger partial charge in [-0.25, -0.2) is 4.68 Å². The Morgan fingerprint density at radius 3 is 2.89 bits per heavy atom. The Kier molecular flexibility index (Phi) is 5.26. The zero-order valence-corrected chi connectivity index (χ0v) is 11.5. The number of carboxylic acid groups (broad SMARTS) is 1. The number of rotatable bonds is 6. The Morgan fingerprint density at radius 2 is 2.17 bits per heavy atom. The molecule has 1 aliphatic rings. The van der Waals surface area contributed by atoms with E-state index in [4.69, 9.17) is 5.11 Å². The monoisotopic (exact) mass is 289 g/mol. The van der Waals surface area contributed by atoms with Gasteiger partial charge in [-0.2, -0.15) is 11.8 Å². The number of thioether (sulfide) groups is 2. The van der Waals surface area contributed by atoms with Crippen molar-refractivity contribution in [2.24, 2.45) is 0 Å². The van der Waals surface area contributed by atoms with Crippen LogP contribution in [0.1, 0.15) is 0 Å². The van der Waals surface area contributed by atoms with Gasteiger partial charge in [0.05, 0.1) is 12.3 Å². The first-order valence-electron chi connectivity index (χ1n) is 5.66. The van der Waals surface area contributed by atoms with Gasteiger partial charge in [0.15, 0.2) is 0 Å². The number of hydrogen-bond acceptors (Lipinski definition) is 7. The number of carboxylic acids is 1. The highest BCUT2D eigenvalue weighted by atomic mass is 32.2. The van der Waals surface area contributed by atoms with Crippen LogP contribution in [0.3, 0.4) is 0 Å². The minimum atomic E-state index is -0.859. The number of carbonyl (C=O) groups is 1.